The van der Waals surface area contributed by atoms with E-state index in [1.54, 1.807) is 13.2 Å². The van der Waals surface area contributed by atoms with Crippen LogP contribution in [0.2, 0.25) is 0 Å². The van der Waals surface area contributed by atoms with Crippen molar-refractivity contribution in [2.75, 3.05) is 20.7 Å². The van der Waals surface area contributed by atoms with E-state index >= 15 is 0 Å². The van der Waals surface area contributed by atoms with Gasteiger partial charge in [-0.25, -0.2) is 0 Å². The number of ether oxygens (including phenoxy) is 1. The van der Waals surface area contributed by atoms with Crippen molar-refractivity contribution in [3.63, 3.8) is 0 Å². The zero-order chi connectivity index (χ0) is 23.6. The topological polar surface area (TPSA) is 54.5 Å². The minimum atomic E-state index is -0.408. The molecule has 1 amide bonds. The molecule has 33 heavy (non-hydrogen) atoms. The molecular formula is C28H29N3O2. The number of pyridine rings is 1. The maximum Gasteiger partial charge on any atom is 0.252 e. The predicted octanol–water partition coefficient (Wildman–Crippen LogP) is 4.71. The third kappa shape index (κ3) is 4.70. The van der Waals surface area contributed by atoms with Gasteiger partial charge in [0.15, 0.2) is 0 Å². The summed E-state index contributed by atoms with van der Waals surface area (Å²) >= 11 is 0. The molecular weight excluding hydrogens is 410 g/mol. The Morgan fingerprint density at radius 3 is 2.48 bits per heavy atom. The summed E-state index contributed by atoms with van der Waals surface area (Å²) in [5.74, 6) is 3.28. The number of nitrogens with one attached hydrogen (secondary N) is 1. The van der Waals surface area contributed by atoms with Gasteiger partial charge in [0.05, 0.1) is 18.2 Å². The first-order valence-corrected chi connectivity index (χ1v) is 11.1. The SMILES string of the molecule is C#Cc1cc(C2(NC(=O)c3cc(OC)ccc3C)CC2)c2ccc(C)nc2c1.CN1C=CC1. The number of carbonyl (C=O) groups excluding carboxylic acids is 1. The molecule has 1 aliphatic heterocycles. The van der Waals surface area contributed by atoms with Crippen molar-refractivity contribution in [2.45, 2.75) is 32.2 Å². The first-order chi connectivity index (χ1) is 15.8. The van der Waals surface area contributed by atoms with Crippen LogP contribution in [0.4, 0.5) is 0 Å². The highest BCUT2D eigenvalue weighted by molar-refractivity contribution is 5.97. The van der Waals surface area contributed by atoms with E-state index in [9.17, 15) is 4.79 Å². The third-order valence-corrected chi connectivity index (χ3v) is 6.17. The van der Waals surface area contributed by atoms with Gasteiger partial charge in [-0.2, -0.15) is 0 Å². The lowest BCUT2D eigenvalue weighted by molar-refractivity contribution is 0.0930. The summed E-state index contributed by atoms with van der Waals surface area (Å²) in [6, 6.07) is 13.5. The molecule has 2 aromatic carbocycles. The molecule has 0 atom stereocenters. The highest BCUT2D eigenvalue weighted by atomic mass is 16.5. The standard InChI is InChI=1S/C24H22N2O2.C4H7N/c1-5-17-12-21(19-9-7-16(3)25-22(19)13-17)24(10-11-24)26-23(27)20-14-18(28-4)8-6-15(20)2;1-5-3-2-4-5/h1,6-9,12-14H,10-11H2,2-4H3,(H,26,27);2-3H,4H2,1H3. The van der Waals surface area contributed by atoms with Gasteiger partial charge in [-0.05, 0) is 80.4 Å². The van der Waals surface area contributed by atoms with Crippen LogP contribution in [0.25, 0.3) is 10.9 Å². The number of benzene rings is 2. The molecule has 0 unspecified atom stereocenters. The van der Waals surface area contributed by atoms with Gasteiger partial charge in [0, 0.05) is 35.8 Å². The van der Waals surface area contributed by atoms with Crippen LogP contribution in [0, 0.1) is 26.2 Å². The van der Waals surface area contributed by atoms with Gasteiger partial charge in [0.25, 0.3) is 5.91 Å². The number of rotatable bonds is 4. The van der Waals surface area contributed by atoms with Crippen molar-refractivity contribution in [3.8, 4) is 18.1 Å². The molecule has 2 heterocycles. The molecule has 2 aliphatic rings. The first kappa shape index (κ1) is 22.4. The summed E-state index contributed by atoms with van der Waals surface area (Å²) < 4.78 is 5.28. The Morgan fingerprint density at radius 1 is 1.18 bits per heavy atom. The summed E-state index contributed by atoms with van der Waals surface area (Å²) in [7, 11) is 3.65. The molecule has 5 nitrogen and oxygen atoms in total. The Bertz CT molecular complexity index is 1280. The molecule has 5 rings (SSSR count). The van der Waals surface area contributed by atoms with Crippen molar-refractivity contribution in [2.24, 2.45) is 0 Å². The number of hydrogen-bond donors (Lipinski definition) is 1. The lowest BCUT2D eigenvalue weighted by Gasteiger charge is -2.21. The molecule has 0 bridgehead atoms. The molecule has 1 fully saturated rings. The number of likely N-dealkylation sites (N-methyl/N-ethyl adjacent to an activating group) is 1. The van der Waals surface area contributed by atoms with E-state index in [4.69, 9.17) is 11.2 Å². The van der Waals surface area contributed by atoms with E-state index in [0.717, 1.165) is 52.7 Å². The predicted molar refractivity (Wildman–Crippen MR) is 132 cm³/mol. The average molecular weight is 440 g/mol. The van der Waals surface area contributed by atoms with Gasteiger partial charge >= 0.3 is 0 Å². The second-order valence-corrected chi connectivity index (χ2v) is 8.73. The van der Waals surface area contributed by atoms with E-state index < -0.39 is 5.54 Å². The Morgan fingerprint density at radius 2 is 1.91 bits per heavy atom. The van der Waals surface area contributed by atoms with Crippen LogP contribution in [-0.4, -0.2) is 36.5 Å². The Balaban J connectivity index is 0.000000459. The number of hydrogen-bond acceptors (Lipinski definition) is 4. The van der Waals surface area contributed by atoms with Gasteiger partial charge in [0.1, 0.15) is 5.75 Å². The fourth-order valence-corrected chi connectivity index (χ4v) is 3.98. The van der Waals surface area contributed by atoms with Crippen LogP contribution < -0.4 is 10.1 Å². The lowest BCUT2D eigenvalue weighted by Crippen LogP contribution is -2.35. The van der Waals surface area contributed by atoms with E-state index in [-0.39, 0.29) is 5.91 Å². The number of amides is 1. The molecule has 0 radical (unpaired) electrons. The summed E-state index contributed by atoms with van der Waals surface area (Å²) in [6.45, 7) is 5.02. The number of methoxy groups -OCH3 is 1. The minimum Gasteiger partial charge on any atom is -0.497 e. The van der Waals surface area contributed by atoms with Crippen LogP contribution in [0.5, 0.6) is 5.75 Å². The van der Waals surface area contributed by atoms with Crippen molar-refractivity contribution in [3.05, 3.63) is 82.7 Å². The van der Waals surface area contributed by atoms with Gasteiger partial charge < -0.3 is 15.0 Å². The number of carbonyl (C=O) groups is 1. The van der Waals surface area contributed by atoms with Gasteiger partial charge in [-0.3, -0.25) is 9.78 Å². The van der Waals surface area contributed by atoms with Crippen LogP contribution in [-0.2, 0) is 5.54 Å². The number of fused-ring (bicyclic) bond motifs is 1. The Hall–Kier alpha value is -3.78. The third-order valence-electron chi connectivity index (χ3n) is 6.17. The average Bonchev–Trinajstić information content (AvgIpc) is 3.57. The molecule has 1 N–H and O–H groups in total. The summed E-state index contributed by atoms with van der Waals surface area (Å²) in [4.78, 5) is 19.8. The quantitative estimate of drug-likeness (QED) is 0.599. The van der Waals surface area contributed by atoms with Crippen LogP contribution in [0.3, 0.4) is 0 Å². The van der Waals surface area contributed by atoms with Crippen LogP contribution in [0.1, 0.15) is 45.6 Å². The lowest BCUT2D eigenvalue weighted by atomic mass is 9.95. The molecule has 1 aliphatic carbocycles. The maximum atomic E-state index is 13.1. The monoisotopic (exact) mass is 439 g/mol. The summed E-state index contributed by atoms with van der Waals surface area (Å²) in [6.07, 6.45) is 11.6. The molecule has 1 aromatic heterocycles. The van der Waals surface area contributed by atoms with E-state index in [2.05, 4.69) is 46.5 Å². The second kappa shape index (κ2) is 8.99. The maximum absolute atomic E-state index is 13.1. The van der Waals surface area contributed by atoms with E-state index in [1.165, 1.54) is 0 Å². The number of aromatic nitrogens is 1. The normalized spacial score (nSPS) is 15.1. The minimum absolute atomic E-state index is 0.103. The molecule has 168 valence electrons. The van der Waals surface area contributed by atoms with E-state index in [1.807, 2.05) is 44.2 Å². The van der Waals surface area contributed by atoms with Crippen molar-refractivity contribution >= 4 is 16.8 Å². The number of nitrogens with zero attached hydrogens (tertiary/aromatic N) is 2. The zero-order valence-corrected chi connectivity index (χ0v) is 19.6. The fourth-order valence-electron chi connectivity index (χ4n) is 3.98. The summed E-state index contributed by atoms with van der Waals surface area (Å²) in [5, 5.41) is 4.29. The van der Waals surface area contributed by atoms with Gasteiger partial charge in [0.2, 0.25) is 0 Å². The van der Waals surface area contributed by atoms with Crippen molar-refractivity contribution in [1.82, 2.24) is 15.2 Å². The molecule has 3 aromatic rings. The molecule has 5 heteroatoms. The zero-order valence-electron chi connectivity index (χ0n) is 19.6. The highest BCUT2D eigenvalue weighted by Gasteiger charge is 2.47. The van der Waals surface area contributed by atoms with Crippen molar-refractivity contribution < 1.29 is 9.53 Å². The largest absolute Gasteiger partial charge is 0.497 e. The van der Waals surface area contributed by atoms with Crippen LogP contribution >= 0.6 is 0 Å². The number of aryl methyl sites for hydroxylation is 2. The van der Waals surface area contributed by atoms with E-state index in [0.29, 0.717) is 11.3 Å². The summed E-state index contributed by atoms with van der Waals surface area (Å²) in [5.41, 5.74) is 4.75. The van der Waals surface area contributed by atoms with Crippen molar-refractivity contribution in [1.29, 1.82) is 0 Å². The second-order valence-electron chi connectivity index (χ2n) is 8.73. The van der Waals surface area contributed by atoms with Gasteiger partial charge in [-0.1, -0.05) is 18.1 Å². The molecule has 0 spiro atoms. The Labute approximate surface area is 195 Å². The molecule has 1 saturated carbocycles. The van der Waals surface area contributed by atoms with Gasteiger partial charge in [-0.15, -0.1) is 6.42 Å². The smallest absolute Gasteiger partial charge is 0.252 e. The Kier molecular flexibility index (Phi) is 6.11. The first-order valence-electron chi connectivity index (χ1n) is 11.1. The fraction of sp³-hybridized carbons (Fsp3) is 0.286. The molecule has 0 saturated heterocycles. The number of terminal acetylenes is 1. The van der Waals surface area contributed by atoms with Crippen LogP contribution in [0.15, 0.2) is 54.7 Å². The highest BCUT2D eigenvalue weighted by Crippen LogP contribution is 2.48.